The molecule has 1 N–H and O–H groups in total. The average Bonchev–Trinajstić information content (AvgIpc) is 2.71. The second-order valence-corrected chi connectivity index (χ2v) is 5.55. The Balaban J connectivity index is 2.44. The monoisotopic (exact) mass is 328 g/mol. The molecule has 19 heavy (non-hydrogen) atoms. The third-order valence-corrected chi connectivity index (χ3v) is 4.25. The van der Waals surface area contributed by atoms with Crippen LogP contribution in [0, 0.1) is 4.77 Å². The van der Waals surface area contributed by atoms with Gasteiger partial charge >= 0.3 is 0 Å². The second-order valence-electron chi connectivity index (χ2n) is 3.97. The summed E-state index contributed by atoms with van der Waals surface area (Å²) in [6.45, 7) is 0. The molecule has 2 nitrogen and oxygen atoms in total. The van der Waals surface area contributed by atoms with Gasteiger partial charge in [0.2, 0.25) is 0 Å². The van der Waals surface area contributed by atoms with Crippen LogP contribution >= 0.6 is 47.0 Å². The van der Waals surface area contributed by atoms with Gasteiger partial charge in [-0.1, -0.05) is 46.9 Å². The Hall–Kier alpha value is -1.000. The summed E-state index contributed by atoms with van der Waals surface area (Å²) in [4.78, 5) is 3.08. The van der Waals surface area contributed by atoms with Gasteiger partial charge in [-0.25, -0.2) is 0 Å². The fourth-order valence-corrected chi connectivity index (χ4v) is 2.89. The lowest BCUT2D eigenvalue weighted by atomic mass is 10.3. The van der Waals surface area contributed by atoms with Gasteiger partial charge in [0.25, 0.3) is 0 Å². The quantitative estimate of drug-likeness (QED) is 0.572. The SMILES string of the molecule is S=c1[nH]c2c(Cl)cccc2n1-c1cccc(Cl)c1Cl. The van der Waals surface area contributed by atoms with Crippen molar-refractivity contribution in [1.29, 1.82) is 0 Å². The summed E-state index contributed by atoms with van der Waals surface area (Å²) < 4.78 is 2.34. The first kappa shape index (κ1) is 13.0. The molecule has 0 unspecified atom stereocenters. The van der Waals surface area contributed by atoms with Crippen LogP contribution in [-0.2, 0) is 0 Å². The highest BCUT2D eigenvalue weighted by molar-refractivity contribution is 7.71. The van der Waals surface area contributed by atoms with E-state index in [1.807, 2.05) is 28.8 Å². The number of halogens is 3. The van der Waals surface area contributed by atoms with Crippen molar-refractivity contribution in [2.75, 3.05) is 0 Å². The first-order valence-electron chi connectivity index (χ1n) is 5.43. The van der Waals surface area contributed by atoms with Crippen LogP contribution in [0.1, 0.15) is 0 Å². The molecular formula is C13H7Cl3N2S. The Kier molecular flexibility index (Phi) is 3.31. The Labute approximate surface area is 129 Å². The van der Waals surface area contributed by atoms with Crippen molar-refractivity contribution in [1.82, 2.24) is 9.55 Å². The van der Waals surface area contributed by atoms with Gasteiger partial charge in [0, 0.05) is 0 Å². The predicted octanol–water partition coefficient (Wildman–Crippen LogP) is 5.65. The molecule has 96 valence electrons. The van der Waals surface area contributed by atoms with Gasteiger partial charge < -0.3 is 4.98 Å². The Bertz CT molecular complexity index is 836. The van der Waals surface area contributed by atoms with Crippen molar-refractivity contribution in [2.24, 2.45) is 0 Å². The zero-order chi connectivity index (χ0) is 13.6. The first-order valence-corrected chi connectivity index (χ1v) is 6.97. The maximum atomic E-state index is 6.25. The number of benzene rings is 2. The first-order chi connectivity index (χ1) is 9.09. The molecule has 0 atom stereocenters. The lowest BCUT2D eigenvalue weighted by Crippen LogP contribution is -1.95. The predicted molar refractivity (Wildman–Crippen MR) is 83.5 cm³/mol. The molecule has 3 rings (SSSR count). The van der Waals surface area contributed by atoms with Gasteiger partial charge in [-0.15, -0.1) is 0 Å². The minimum atomic E-state index is 0.459. The number of fused-ring (bicyclic) bond motifs is 1. The molecule has 3 aromatic rings. The number of aromatic nitrogens is 2. The van der Waals surface area contributed by atoms with E-state index in [2.05, 4.69) is 4.98 Å². The summed E-state index contributed by atoms with van der Waals surface area (Å²) in [6, 6.07) is 11.0. The highest BCUT2D eigenvalue weighted by Crippen LogP contribution is 2.32. The molecule has 0 aliphatic heterocycles. The van der Waals surface area contributed by atoms with E-state index in [1.165, 1.54) is 0 Å². The van der Waals surface area contributed by atoms with E-state index < -0.39 is 0 Å². The summed E-state index contributed by atoms with van der Waals surface area (Å²) in [5.74, 6) is 0. The number of hydrogen-bond donors (Lipinski definition) is 1. The van der Waals surface area contributed by atoms with Crippen molar-refractivity contribution in [3.8, 4) is 5.69 Å². The van der Waals surface area contributed by atoms with Gasteiger partial charge in [-0.2, -0.15) is 0 Å². The fourth-order valence-electron chi connectivity index (χ4n) is 2.00. The van der Waals surface area contributed by atoms with Crippen LogP contribution in [0.5, 0.6) is 0 Å². The number of nitrogens with one attached hydrogen (secondary N) is 1. The molecule has 0 aliphatic carbocycles. The van der Waals surface area contributed by atoms with Crippen LogP contribution in [-0.4, -0.2) is 9.55 Å². The zero-order valence-corrected chi connectivity index (χ0v) is 12.5. The highest BCUT2D eigenvalue weighted by Gasteiger charge is 2.12. The van der Waals surface area contributed by atoms with E-state index in [-0.39, 0.29) is 0 Å². The molecule has 1 aromatic heterocycles. The molecule has 0 saturated heterocycles. The van der Waals surface area contributed by atoms with Gasteiger partial charge in [0.15, 0.2) is 4.77 Å². The lowest BCUT2D eigenvalue weighted by molar-refractivity contribution is 1.07. The maximum Gasteiger partial charge on any atom is 0.182 e. The van der Waals surface area contributed by atoms with E-state index in [0.717, 1.165) is 16.7 Å². The summed E-state index contributed by atoms with van der Waals surface area (Å²) in [7, 11) is 0. The largest absolute Gasteiger partial charge is 0.329 e. The van der Waals surface area contributed by atoms with Gasteiger partial charge in [0.1, 0.15) is 0 Å². The van der Waals surface area contributed by atoms with Crippen LogP contribution < -0.4 is 0 Å². The summed E-state index contributed by atoms with van der Waals surface area (Å²) >= 11 is 23.8. The van der Waals surface area contributed by atoms with Crippen molar-refractivity contribution in [2.45, 2.75) is 0 Å². The number of hydrogen-bond acceptors (Lipinski definition) is 1. The molecule has 0 bridgehead atoms. The number of aromatic amines is 1. The normalized spacial score (nSPS) is 11.1. The molecular weight excluding hydrogens is 323 g/mol. The van der Waals surface area contributed by atoms with Crippen LogP contribution in [0.2, 0.25) is 15.1 Å². The van der Waals surface area contributed by atoms with E-state index in [0.29, 0.717) is 19.8 Å². The summed E-state index contributed by atoms with van der Waals surface area (Å²) in [6.07, 6.45) is 0. The number of imidazole rings is 1. The van der Waals surface area contributed by atoms with E-state index in [1.54, 1.807) is 12.1 Å². The summed E-state index contributed by atoms with van der Waals surface area (Å²) in [5, 5.41) is 1.55. The lowest BCUT2D eigenvalue weighted by Gasteiger charge is -2.08. The minimum absolute atomic E-state index is 0.459. The third kappa shape index (κ3) is 2.07. The standard InChI is InChI=1S/C13H7Cl3N2S/c14-7-3-1-5-9(11(7)16)18-10-6-2-4-8(15)12(10)17-13(18)19/h1-6H,(H,17,19). The number of H-pyrrole nitrogens is 1. The summed E-state index contributed by atoms with van der Waals surface area (Å²) in [5.41, 5.74) is 2.37. The maximum absolute atomic E-state index is 6.25. The topological polar surface area (TPSA) is 20.7 Å². The van der Waals surface area contributed by atoms with Crippen molar-refractivity contribution >= 4 is 58.1 Å². The third-order valence-electron chi connectivity index (χ3n) is 2.84. The van der Waals surface area contributed by atoms with Gasteiger partial charge in [-0.3, -0.25) is 4.57 Å². The minimum Gasteiger partial charge on any atom is -0.329 e. The Morgan fingerprint density at radius 3 is 2.42 bits per heavy atom. The van der Waals surface area contributed by atoms with Crippen LogP contribution in [0.25, 0.3) is 16.7 Å². The smallest absolute Gasteiger partial charge is 0.182 e. The molecule has 0 spiro atoms. The van der Waals surface area contributed by atoms with Crippen molar-refractivity contribution in [3.05, 3.63) is 56.2 Å². The fraction of sp³-hybridized carbons (Fsp3) is 0. The average molecular weight is 330 g/mol. The molecule has 0 fully saturated rings. The van der Waals surface area contributed by atoms with E-state index >= 15 is 0 Å². The van der Waals surface area contributed by atoms with Crippen LogP contribution in [0.3, 0.4) is 0 Å². The molecule has 6 heteroatoms. The molecule has 1 heterocycles. The Morgan fingerprint density at radius 2 is 1.63 bits per heavy atom. The molecule has 0 saturated carbocycles. The molecule has 0 aliphatic rings. The molecule has 0 amide bonds. The Morgan fingerprint density at radius 1 is 0.947 bits per heavy atom. The van der Waals surface area contributed by atoms with Crippen LogP contribution in [0.4, 0.5) is 0 Å². The van der Waals surface area contributed by atoms with Crippen molar-refractivity contribution in [3.63, 3.8) is 0 Å². The zero-order valence-electron chi connectivity index (χ0n) is 9.45. The van der Waals surface area contributed by atoms with E-state index in [4.69, 9.17) is 47.0 Å². The second kappa shape index (κ2) is 4.84. The highest BCUT2D eigenvalue weighted by atomic mass is 35.5. The van der Waals surface area contributed by atoms with Gasteiger partial charge in [0.05, 0.1) is 31.8 Å². The molecule has 2 aromatic carbocycles. The van der Waals surface area contributed by atoms with Crippen molar-refractivity contribution < 1.29 is 0 Å². The van der Waals surface area contributed by atoms with Crippen LogP contribution in [0.15, 0.2) is 36.4 Å². The number of rotatable bonds is 1. The number of para-hydroxylation sites is 1. The van der Waals surface area contributed by atoms with E-state index in [9.17, 15) is 0 Å². The van der Waals surface area contributed by atoms with Gasteiger partial charge in [-0.05, 0) is 36.5 Å². The molecule has 0 radical (unpaired) electrons. The number of nitrogens with zero attached hydrogens (tertiary/aromatic N) is 1.